The first-order valence-electron chi connectivity index (χ1n) is 13.3. The Hall–Kier alpha value is -3.85. The van der Waals surface area contributed by atoms with Crippen molar-refractivity contribution in [3.05, 3.63) is 87.1 Å². The zero-order chi connectivity index (χ0) is 26.6. The van der Waals surface area contributed by atoms with Crippen molar-refractivity contribution in [2.24, 2.45) is 13.0 Å². The number of hydrogen-bond acceptors (Lipinski definition) is 6. The Morgan fingerprint density at radius 3 is 2.37 bits per heavy atom. The molecule has 0 unspecified atom stereocenters. The molecule has 0 saturated carbocycles. The number of amides is 1. The second-order valence-electron chi connectivity index (χ2n) is 10.2. The number of likely N-dealkylation sites (tertiary alicyclic amines) is 1. The van der Waals surface area contributed by atoms with Crippen LogP contribution in [0.5, 0.6) is 0 Å². The van der Waals surface area contributed by atoms with Crippen molar-refractivity contribution >= 4 is 23.2 Å². The number of aromatic nitrogens is 2. The Kier molecular flexibility index (Phi) is 7.64. The number of piperidine rings is 1. The Labute approximate surface area is 222 Å². The number of nitro benzene ring substituents is 1. The van der Waals surface area contributed by atoms with Crippen LogP contribution < -0.4 is 4.90 Å². The number of nitrogens with zero attached hydrogens (tertiary/aromatic N) is 5. The first kappa shape index (κ1) is 25.8. The maximum atomic E-state index is 13.7. The quantitative estimate of drug-likeness (QED) is 0.250. The van der Waals surface area contributed by atoms with Crippen molar-refractivity contribution in [1.82, 2.24) is 14.7 Å². The van der Waals surface area contributed by atoms with Gasteiger partial charge < -0.3 is 4.90 Å². The zero-order valence-corrected chi connectivity index (χ0v) is 21.7. The van der Waals surface area contributed by atoms with Gasteiger partial charge in [0.15, 0.2) is 11.6 Å². The number of carbonyl (C=O) groups excluding carboxylic acids is 2. The lowest BCUT2D eigenvalue weighted by Gasteiger charge is -2.33. The molecule has 1 saturated heterocycles. The van der Waals surface area contributed by atoms with Gasteiger partial charge in [-0.3, -0.25) is 29.3 Å². The fraction of sp³-hybridized carbons (Fsp3) is 0.414. The Morgan fingerprint density at radius 1 is 1.00 bits per heavy atom. The summed E-state index contributed by atoms with van der Waals surface area (Å²) in [6, 6.07) is 15.2. The lowest BCUT2D eigenvalue weighted by atomic mass is 9.89. The predicted octanol–water partition coefficient (Wildman–Crippen LogP) is 4.45. The molecular weight excluding hydrogens is 482 g/mol. The highest BCUT2D eigenvalue weighted by atomic mass is 16.6. The number of benzene rings is 2. The molecule has 5 rings (SSSR count). The molecule has 1 fully saturated rings. The van der Waals surface area contributed by atoms with E-state index in [9.17, 15) is 19.7 Å². The molecule has 0 spiro atoms. The lowest BCUT2D eigenvalue weighted by molar-refractivity contribution is -0.384. The molecule has 198 valence electrons. The lowest BCUT2D eigenvalue weighted by Crippen LogP contribution is -2.43. The number of hydrogen-bond donors (Lipinski definition) is 0. The van der Waals surface area contributed by atoms with E-state index in [2.05, 4.69) is 4.90 Å². The van der Waals surface area contributed by atoms with Gasteiger partial charge >= 0.3 is 0 Å². The number of carbonyl (C=O) groups is 2. The van der Waals surface area contributed by atoms with Crippen molar-refractivity contribution < 1.29 is 14.5 Å². The highest BCUT2D eigenvalue weighted by Crippen LogP contribution is 2.31. The number of rotatable bonds is 8. The molecule has 9 nitrogen and oxygen atoms in total. The van der Waals surface area contributed by atoms with E-state index in [1.54, 1.807) is 4.90 Å². The van der Waals surface area contributed by atoms with E-state index in [-0.39, 0.29) is 23.3 Å². The SMILES string of the molecule is Cn1nc(N(CCN2CCC(C(=O)c3ccccc3)CC2)C(=O)c2ccc([N+](=O)[O-])cc2)c2c1CCCC2. The van der Waals surface area contributed by atoms with Crippen molar-refractivity contribution in [2.45, 2.75) is 38.5 Å². The first-order valence-corrected chi connectivity index (χ1v) is 13.3. The van der Waals surface area contributed by atoms with Gasteiger partial charge in [-0.2, -0.15) is 5.10 Å². The van der Waals surface area contributed by atoms with Crippen molar-refractivity contribution in [3.8, 4) is 0 Å². The van der Waals surface area contributed by atoms with Gasteiger partial charge in [0.25, 0.3) is 11.6 Å². The van der Waals surface area contributed by atoms with Crippen LogP contribution in [0.25, 0.3) is 0 Å². The van der Waals surface area contributed by atoms with Crippen LogP contribution in [-0.4, -0.2) is 57.5 Å². The monoisotopic (exact) mass is 515 g/mol. The first-order chi connectivity index (χ1) is 18.4. The maximum Gasteiger partial charge on any atom is 0.269 e. The van der Waals surface area contributed by atoms with Crippen LogP contribution >= 0.6 is 0 Å². The number of Topliss-reactive ketones (excluding diaryl/α,β-unsaturated/α-hetero) is 1. The van der Waals surface area contributed by atoms with Crippen molar-refractivity contribution in [2.75, 3.05) is 31.1 Å². The number of ketones is 1. The predicted molar refractivity (Wildman–Crippen MR) is 145 cm³/mol. The minimum Gasteiger partial charge on any atom is -0.302 e. The molecule has 0 bridgehead atoms. The molecule has 0 N–H and O–H groups in total. The molecule has 38 heavy (non-hydrogen) atoms. The van der Waals surface area contributed by atoms with Crippen LogP contribution in [0.1, 0.15) is 57.7 Å². The van der Waals surface area contributed by atoms with Gasteiger partial charge in [0.2, 0.25) is 0 Å². The second-order valence-corrected chi connectivity index (χ2v) is 10.2. The van der Waals surface area contributed by atoms with Gasteiger partial charge in [-0.15, -0.1) is 0 Å². The molecular formula is C29H33N5O4. The largest absolute Gasteiger partial charge is 0.302 e. The fourth-order valence-electron chi connectivity index (χ4n) is 5.65. The summed E-state index contributed by atoms with van der Waals surface area (Å²) in [6.45, 7) is 2.71. The van der Waals surface area contributed by atoms with E-state index in [1.807, 2.05) is 42.1 Å². The summed E-state index contributed by atoms with van der Waals surface area (Å²) >= 11 is 0. The topological polar surface area (TPSA) is 102 Å². The Morgan fingerprint density at radius 2 is 1.68 bits per heavy atom. The van der Waals surface area contributed by atoms with Gasteiger partial charge in [0.05, 0.1) is 4.92 Å². The van der Waals surface area contributed by atoms with Crippen molar-refractivity contribution in [1.29, 1.82) is 0 Å². The number of nitro groups is 1. The zero-order valence-electron chi connectivity index (χ0n) is 21.7. The third kappa shape index (κ3) is 5.38. The summed E-state index contributed by atoms with van der Waals surface area (Å²) in [7, 11) is 1.93. The molecule has 2 heterocycles. The van der Waals surface area contributed by atoms with Crippen molar-refractivity contribution in [3.63, 3.8) is 0 Å². The summed E-state index contributed by atoms with van der Waals surface area (Å²) in [5.41, 5.74) is 3.43. The average Bonchev–Trinajstić information content (AvgIpc) is 3.29. The van der Waals surface area contributed by atoms with Gasteiger partial charge in [0.1, 0.15) is 0 Å². The van der Waals surface area contributed by atoms with E-state index >= 15 is 0 Å². The van der Waals surface area contributed by atoms with Gasteiger partial charge in [-0.25, -0.2) is 0 Å². The smallest absolute Gasteiger partial charge is 0.269 e. The minimum absolute atomic E-state index is 0.0225. The second kappa shape index (κ2) is 11.3. The normalized spacial score (nSPS) is 16.1. The molecule has 2 aromatic carbocycles. The number of non-ortho nitro benzene ring substituents is 1. The van der Waals surface area contributed by atoms with E-state index in [4.69, 9.17) is 5.10 Å². The van der Waals surface area contributed by atoms with E-state index in [1.165, 1.54) is 30.0 Å². The summed E-state index contributed by atoms with van der Waals surface area (Å²) in [4.78, 5) is 41.3. The standard InChI is InChI=1S/C29H33N5O4/c1-31-26-10-6-5-9-25(26)28(30-31)33(29(36)23-11-13-24(14-12-23)34(37)38)20-19-32-17-15-22(16-18-32)27(35)21-7-3-2-4-8-21/h2-4,7-8,11-14,22H,5-6,9-10,15-20H2,1H3. The maximum absolute atomic E-state index is 13.7. The Balaban J connectivity index is 1.31. The van der Waals surface area contributed by atoms with Gasteiger partial charge in [-0.1, -0.05) is 30.3 Å². The van der Waals surface area contributed by atoms with E-state index in [0.717, 1.165) is 62.7 Å². The van der Waals surface area contributed by atoms with Crippen LogP contribution in [0.4, 0.5) is 11.5 Å². The molecule has 0 radical (unpaired) electrons. The molecule has 1 aromatic heterocycles. The van der Waals surface area contributed by atoms with Crippen LogP contribution in [0, 0.1) is 16.0 Å². The Bertz CT molecular complexity index is 1310. The third-order valence-corrected chi connectivity index (χ3v) is 7.83. The van der Waals surface area contributed by atoms with Gasteiger partial charge in [0, 0.05) is 60.6 Å². The van der Waals surface area contributed by atoms with Crippen LogP contribution in [0.2, 0.25) is 0 Å². The average molecular weight is 516 g/mol. The summed E-state index contributed by atoms with van der Waals surface area (Å²) in [5.74, 6) is 0.717. The highest BCUT2D eigenvalue weighted by Gasteiger charge is 2.30. The number of fused-ring (bicyclic) bond motifs is 1. The van der Waals surface area contributed by atoms with Crippen LogP contribution in [0.15, 0.2) is 54.6 Å². The van der Waals surface area contributed by atoms with Crippen LogP contribution in [-0.2, 0) is 19.9 Å². The molecule has 1 amide bonds. The number of anilines is 1. The van der Waals surface area contributed by atoms with E-state index in [0.29, 0.717) is 24.5 Å². The molecule has 3 aromatic rings. The fourth-order valence-corrected chi connectivity index (χ4v) is 5.65. The molecule has 1 aliphatic heterocycles. The molecule has 9 heteroatoms. The third-order valence-electron chi connectivity index (χ3n) is 7.83. The number of aryl methyl sites for hydroxylation is 1. The minimum atomic E-state index is -0.465. The van der Waals surface area contributed by atoms with E-state index < -0.39 is 4.92 Å². The highest BCUT2D eigenvalue weighted by molar-refractivity contribution is 6.06. The summed E-state index contributed by atoms with van der Waals surface area (Å²) < 4.78 is 1.89. The summed E-state index contributed by atoms with van der Waals surface area (Å²) in [6.07, 6.45) is 5.59. The van der Waals surface area contributed by atoms with Crippen LogP contribution in [0.3, 0.4) is 0 Å². The molecule has 2 aliphatic rings. The molecule has 1 aliphatic carbocycles. The summed E-state index contributed by atoms with van der Waals surface area (Å²) in [5, 5.41) is 15.9. The molecule has 0 atom stereocenters. The van der Waals surface area contributed by atoms with Gasteiger partial charge in [-0.05, 0) is 63.7 Å².